The number of hydrogen-bond acceptors (Lipinski definition) is 4. The summed E-state index contributed by atoms with van der Waals surface area (Å²) >= 11 is 0. The van der Waals surface area contributed by atoms with Gasteiger partial charge in [-0.1, -0.05) is 13.3 Å². The van der Waals surface area contributed by atoms with E-state index in [4.69, 9.17) is 5.11 Å². The fourth-order valence-electron chi connectivity index (χ4n) is 1.62. The first-order chi connectivity index (χ1) is 9.11. The van der Waals surface area contributed by atoms with Crippen molar-refractivity contribution >= 4 is 12.0 Å². The van der Waals surface area contributed by atoms with Gasteiger partial charge < -0.3 is 15.7 Å². The van der Waals surface area contributed by atoms with Gasteiger partial charge in [-0.15, -0.1) is 0 Å². The maximum Gasteiger partial charge on any atom is 0.315 e. The monoisotopic (exact) mass is 266 g/mol. The summed E-state index contributed by atoms with van der Waals surface area (Å²) in [5, 5.41) is 21.5. The van der Waals surface area contributed by atoms with Crippen LogP contribution < -0.4 is 10.6 Å². The summed E-state index contributed by atoms with van der Waals surface area (Å²) in [4.78, 5) is 22.3. The highest BCUT2D eigenvalue weighted by atomic mass is 16.4. The molecule has 0 bridgehead atoms. The first-order valence-electron chi connectivity index (χ1n) is 6.14. The molecule has 0 saturated heterocycles. The Labute approximate surface area is 111 Å². The standard InChI is InChI=1S/C12H18N4O3/c1-2-4-9(7-11(17)18)15-12(19)13-8-10-5-3-6-14-16-10/h3,5-6,9H,2,4,7-8H2,1H3,(H,17,18)(H2,13,15,19). The zero-order valence-electron chi connectivity index (χ0n) is 10.8. The van der Waals surface area contributed by atoms with E-state index in [-0.39, 0.29) is 19.0 Å². The Morgan fingerprint density at radius 1 is 1.47 bits per heavy atom. The van der Waals surface area contributed by atoms with Gasteiger partial charge in [-0.3, -0.25) is 4.79 Å². The summed E-state index contributed by atoms with van der Waals surface area (Å²) in [6.07, 6.45) is 2.91. The van der Waals surface area contributed by atoms with Gasteiger partial charge in [0, 0.05) is 12.2 Å². The Kier molecular flexibility index (Phi) is 6.28. The molecule has 0 aliphatic rings. The van der Waals surface area contributed by atoms with E-state index in [1.54, 1.807) is 18.3 Å². The molecule has 7 nitrogen and oxygen atoms in total. The molecule has 0 spiro atoms. The highest BCUT2D eigenvalue weighted by Gasteiger charge is 2.14. The van der Waals surface area contributed by atoms with Gasteiger partial charge in [0.25, 0.3) is 0 Å². The van der Waals surface area contributed by atoms with Gasteiger partial charge >= 0.3 is 12.0 Å². The molecule has 0 aliphatic heterocycles. The SMILES string of the molecule is CCCC(CC(=O)O)NC(=O)NCc1cccnn1. The molecule has 2 amide bonds. The number of carboxylic acid groups (broad SMARTS) is 1. The molecule has 104 valence electrons. The number of hydrogen-bond donors (Lipinski definition) is 3. The van der Waals surface area contributed by atoms with Gasteiger partial charge in [-0.05, 0) is 18.6 Å². The number of carbonyl (C=O) groups excluding carboxylic acids is 1. The van der Waals surface area contributed by atoms with Crippen molar-refractivity contribution in [2.45, 2.75) is 38.8 Å². The van der Waals surface area contributed by atoms with Crippen LogP contribution in [0.25, 0.3) is 0 Å². The summed E-state index contributed by atoms with van der Waals surface area (Å²) in [5.74, 6) is -0.923. The minimum absolute atomic E-state index is 0.0770. The molecule has 19 heavy (non-hydrogen) atoms. The molecular weight excluding hydrogens is 248 g/mol. The zero-order valence-corrected chi connectivity index (χ0v) is 10.8. The minimum Gasteiger partial charge on any atom is -0.481 e. The van der Waals surface area contributed by atoms with E-state index in [1.165, 1.54) is 0 Å². The van der Waals surface area contributed by atoms with Crippen molar-refractivity contribution in [2.75, 3.05) is 0 Å². The Bertz CT molecular complexity index is 411. The van der Waals surface area contributed by atoms with Gasteiger partial charge in [0.2, 0.25) is 0 Å². The second kappa shape index (κ2) is 8.02. The van der Waals surface area contributed by atoms with Crippen LogP contribution in [0.3, 0.4) is 0 Å². The highest BCUT2D eigenvalue weighted by molar-refractivity contribution is 5.75. The van der Waals surface area contributed by atoms with Crippen LogP contribution in [0.15, 0.2) is 18.3 Å². The van der Waals surface area contributed by atoms with E-state index in [1.807, 2.05) is 6.92 Å². The first-order valence-corrected chi connectivity index (χ1v) is 6.14. The summed E-state index contributed by atoms with van der Waals surface area (Å²) in [7, 11) is 0. The molecule has 1 atom stereocenters. The van der Waals surface area contributed by atoms with Crippen LogP contribution in [-0.2, 0) is 11.3 Å². The topological polar surface area (TPSA) is 104 Å². The number of rotatable bonds is 7. The fourth-order valence-corrected chi connectivity index (χ4v) is 1.62. The molecule has 1 heterocycles. The average molecular weight is 266 g/mol. The van der Waals surface area contributed by atoms with E-state index in [0.29, 0.717) is 12.1 Å². The van der Waals surface area contributed by atoms with Crippen molar-refractivity contribution < 1.29 is 14.7 Å². The predicted molar refractivity (Wildman–Crippen MR) is 68.4 cm³/mol. The molecular formula is C12H18N4O3. The van der Waals surface area contributed by atoms with Gasteiger partial charge in [0.1, 0.15) is 0 Å². The Morgan fingerprint density at radius 3 is 2.84 bits per heavy atom. The molecule has 0 fully saturated rings. The maximum absolute atomic E-state index is 11.6. The number of urea groups is 1. The van der Waals surface area contributed by atoms with Gasteiger partial charge in [0.05, 0.1) is 18.7 Å². The molecule has 1 unspecified atom stereocenters. The molecule has 0 aromatic carbocycles. The van der Waals surface area contributed by atoms with Crippen LogP contribution in [-0.4, -0.2) is 33.3 Å². The molecule has 0 radical (unpaired) electrons. The van der Waals surface area contributed by atoms with E-state index in [0.717, 1.165) is 6.42 Å². The van der Waals surface area contributed by atoms with Crippen LogP contribution in [0.5, 0.6) is 0 Å². The van der Waals surface area contributed by atoms with Crippen LogP contribution >= 0.6 is 0 Å². The van der Waals surface area contributed by atoms with E-state index < -0.39 is 12.0 Å². The van der Waals surface area contributed by atoms with Crippen LogP contribution in [0, 0.1) is 0 Å². The number of carboxylic acids is 1. The third kappa shape index (κ3) is 6.35. The molecule has 1 rings (SSSR count). The molecule has 1 aromatic rings. The van der Waals surface area contributed by atoms with Crippen molar-refractivity contribution in [3.05, 3.63) is 24.0 Å². The van der Waals surface area contributed by atoms with Gasteiger partial charge in [-0.25, -0.2) is 4.79 Å². The number of nitrogens with one attached hydrogen (secondary N) is 2. The van der Waals surface area contributed by atoms with E-state index >= 15 is 0 Å². The zero-order chi connectivity index (χ0) is 14.1. The van der Waals surface area contributed by atoms with Gasteiger partial charge in [-0.2, -0.15) is 10.2 Å². The average Bonchev–Trinajstić information content (AvgIpc) is 2.37. The van der Waals surface area contributed by atoms with Crippen LogP contribution in [0.4, 0.5) is 4.79 Å². The van der Waals surface area contributed by atoms with Crippen LogP contribution in [0.1, 0.15) is 31.9 Å². The summed E-state index contributed by atoms with van der Waals surface area (Å²) < 4.78 is 0. The molecule has 3 N–H and O–H groups in total. The fraction of sp³-hybridized carbons (Fsp3) is 0.500. The quantitative estimate of drug-likeness (QED) is 0.680. The summed E-state index contributed by atoms with van der Waals surface area (Å²) in [5.41, 5.74) is 0.642. The summed E-state index contributed by atoms with van der Waals surface area (Å²) in [6.45, 7) is 2.19. The number of aliphatic carboxylic acids is 1. The molecule has 1 aromatic heterocycles. The lowest BCUT2D eigenvalue weighted by molar-refractivity contribution is -0.137. The highest BCUT2D eigenvalue weighted by Crippen LogP contribution is 2.01. The maximum atomic E-state index is 11.6. The van der Waals surface area contributed by atoms with Crippen molar-refractivity contribution in [2.24, 2.45) is 0 Å². The summed E-state index contributed by atoms with van der Waals surface area (Å²) in [6, 6.07) is 2.72. The van der Waals surface area contributed by atoms with Crippen molar-refractivity contribution in [3.63, 3.8) is 0 Å². The second-order valence-electron chi connectivity index (χ2n) is 4.13. The third-order valence-electron chi connectivity index (χ3n) is 2.45. The van der Waals surface area contributed by atoms with E-state index in [9.17, 15) is 9.59 Å². The van der Waals surface area contributed by atoms with Crippen molar-refractivity contribution in [3.8, 4) is 0 Å². The molecule has 0 saturated carbocycles. The molecule has 7 heteroatoms. The Hall–Kier alpha value is -2.18. The lowest BCUT2D eigenvalue weighted by Gasteiger charge is -2.16. The van der Waals surface area contributed by atoms with E-state index in [2.05, 4.69) is 20.8 Å². The lowest BCUT2D eigenvalue weighted by atomic mass is 10.1. The lowest BCUT2D eigenvalue weighted by Crippen LogP contribution is -2.42. The minimum atomic E-state index is -0.923. The van der Waals surface area contributed by atoms with Crippen molar-refractivity contribution in [1.82, 2.24) is 20.8 Å². The smallest absolute Gasteiger partial charge is 0.315 e. The van der Waals surface area contributed by atoms with Crippen LogP contribution in [0.2, 0.25) is 0 Å². The predicted octanol–water partition coefficient (Wildman–Crippen LogP) is 0.919. The van der Waals surface area contributed by atoms with Gasteiger partial charge in [0.15, 0.2) is 0 Å². The number of amides is 2. The largest absolute Gasteiger partial charge is 0.481 e. The number of carbonyl (C=O) groups is 2. The normalized spacial score (nSPS) is 11.6. The molecule has 0 aliphatic carbocycles. The Morgan fingerprint density at radius 2 is 2.26 bits per heavy atom. The number of aromatic nitrogens is 2. The van der Waals surface area contributed by atoms with Crippen molar-refractivity contribution in [1.29, 1.82) is 0 Å². The third-order valence-corrected chi connectivity index (χ3v) is 2.45. The second-order valence-corrected chi connectivity index (χ2v) is 4.13. The first kappa shape index (κ1) is 14.9. The Balaban J connectivity index is 2.37. The number of nitrogens with zero attached hydrogens (tertiary/aromatic N) is 2.